The summed E-state index contributed by atoms with van der Waals surface area (Å²) in [6.07, 6.45) is 1.28. The average Bonchev–Trinajstić information content (AvgIpc) is 2.71. The maximum absolute atomic E-state index is 11.7. The molecule has 0 aromatic carbocycles. The summed E-state index contributed by atoms with van der Waals surface area (Å²) in [5, 5.41) is 11.2. The SMILES string of the molecule is NC1(C(=O)NCCCOCCO)CCOC1. The third kappa shape index (κ3) is 4.05. The number of aliphatic hydroxyl groups excluding tert-OH is 1. The van der Waals surface area contributed by atoms with Crippen molar-refractivity contribution in [2.75, 3.05) is 39.6 Å². The first kappa shape index (κ1) is 13.4. The lowest BCUT2D eigenvalue weighted by molar-refractivity contribution is -0.126. The Morgan fingerprint density at radius 2 is 2.38 bits per heavy atom. The highest BCUT2D eigenvalue weighted by Crippen LogP contribution is 2.15. The molecule has 94 valence electrons. The Balaban J connectivity index is 2.06. The van der Waals surface area contributed by atoms with E-state index in [0.717, 1.165) is 0 Å². The summed E-state index contributed by atoms with van der Waals surface area (Å²) in [5.74, 6) is -0.160. The lowest BCUT2D eigenvalue weighted by Gasteiger charge is -2.20. The number of hydrogen-bond donors (Lipinski definition) is 3. The Morgan fingerprint density at radius 1 is 1.56 bits per heavy atom. The molecule has 0 bridgehead atoms. The summed E-state index contributed by atoms with van der Waals surface area (Å²) in [5.41, 5.74) is 5.01. The maximum atomic E-state index is 11.7. The Morgan fingerprint density at radius 3 is 3.00 bits per heavy atom. The minimum Gasteiger partial charge on any atom is -0.394 e. The van der Waals surface area contributed by atoms with E-state index in [1.807, 2.05) is 0 Å². The van der Waals surface area contributed by atoms with Crippen molar-refractivity contribution < 1.29 is 19.4 Å². The van der Waals surface area contributed by atoms with Crippen molar-refractivity contribution in [3.63, 3.8) is 0 Å². The van der Waals surface area contributed by atoms with Gasteiger partial charge in [-0.15, -0.1) is 0 Å². The van der Waals surface area contributed by atoms with Crippen LogP contribution >= 0.6 is 0 Å². The largest absolute Gasteiger partial charge is 0.394 e. The molecule has 0 aromatic heterocycles. The summed E-state index contributed by atoms with van der Waals surface area (Å²) >= 11 is 0. The molecule has 0 spiro atoms. The van der Waals surface area contributed by atoms with Crippen LogP contribution in [-0.4, -0.2) is 56.1 Å². The van der Waals surface area contributed by atoms with E-state index in [4.69, 9.17) is 20.3 Å². The van der Waals surface area contributed by atoms with Gasteiger partial charge in [0.05, 0.1) is 19.8 Å². The quantitative estimate of drug-likeness (QED) is 0.470. The summed E-state index contributed by atoms with van der Waals surface area (Å²) in [4.78, 5) is 11.7. The molecule has 1 atom stereocenters. The first-order valence-corrected chi connectivity index (χ1v) is 5.52. The third-order valence-electron chi connectivity index (χ3n) is 2.49. The van der Waals surface area contributed by atoms with Gasteiger partial charge < -0.3 is 25.6 Å². The molecule has 0 aromatic rings. The van der Waals surface area contributed by atoms with Gasteiger partial charge in [0.15, 0.2) is 0 Å². The molecule has 4 N–H and O–H groups in total. The van der Waals surface area contributed by atoms with E-state index in [1.165, 1.54) is 0 Å². The zero-order valence-corrected chi connectivity index (χ0v) is 9.41. The number of rotatable bonds is 7. The van der Waals surface area contributed by atoms with Gasteiger partial charge >= 0.3 is 0 Å². The predicted octanol–water partition coefficient (Wildman–Crippen LogP) is -1.38. The Bertz CT molecular complexity index is 217. The summed E-state index contributed by atoms with van der Waals surface area (Å²) in [6, 6.07) is 0. The molecule has 1 fully saturated rings. The van der Waals surface area contributed by atoms with E-state index in [0.29, 0.717) is 45.8 Å². The van der Waals surface area contributed by atoms with Crippen LogP contribution in [0.25, 0.3) is 0 Å². The smallest absolute Gasteiger partial charge is 0.242 e. The highest BCUT2D eigenvalue weighted by Gasteiger charge is 2.37. The van der Waals surface area contributed by atoms with E-state index < -0.39 is 5.54 Å². The number of carbonyl (C=O) groups is 1. The molecule has 0 radical (unpaired) electrons. The molecule has 1 amide bonds. The van der Waals surface area contributed by atoms with Crippen molar-refractivity contribution in [3.8, 4) is 0 Å². The van der Waals surface area contributed by atoms with Crippen LogP contribution in [-0.2, 0) is 14.3 Å². The van der Waals surface area contributed by atoms with Crippen LogP contribution in [0.15, 0.2) is 0 Å². The van der Waals surface area contributed by atoms with Gasteiger partial charge in [-0.1, -0.05) is 0 Å². The van der Waals surface area contributed by atoms with E-state index >= 15 is 0 Å². The monoisotopic (exact) mass is 232 g/mol. The summed E-state index contributed by atoms with van der Waals surface area (Å²) in [7, 11) is 0. The fourth-order valence-corrected chi connectivity index (χ4v) is 1.48. The van der Waals surface area contributed by atoms with Crippen LogP contribution in [0.1, 0.15) is 12.8 Å². The second-order valence-corrected chi connectivity index (χ2v) is 3.90. The number of aliphatic hydroxyl groups is 1. The molecule has 1 aliphatic rings. The van der Waals surface area contributed by atoms with Gasteiger partial charge in [0.25, 0.3) is 0 Å². The molecule has 0 saturated carbocycles. The molecule has 1 aliphatic heterocycles. The predicted molar refractivity (Wildman–Crippen MR) is 57.9 cm³/mol. The van der Waals surface area contributed by atoms with Gasteiger partial charge in [0.1, 0.15) is 5.54 Å². The molecule has 16 heavy (non-hydrogen) atoms. The Kier molecular flexibility index (Phi) is 5.68. The van der Waals surface area contributed by atoms with Crippen LogP contribution in [0.3, 0.4) is 0 Å². The van der Waals surface area contributed by atoms with Crippen LogP contribution in [0, 0.1) is 0 Å². The van der Waals surface area contributed by atoms with Crippen LogP contribution in [0.4, 0.5) is 0 Å². The van der Waals surface area contributed by atoms with Crippen LogP contribution < -0.4 is 11.1 Å². The molecule has 1 heterocycles. The molecule has 1 rings (SSSR count). The number of amides is 1. The Labute approximate surface area is 95.1 Å². The second kappa shape index (κ2) is 6.80. The van der Waals surface area contributed by atoms with E-state index in [-0.39, 0.29) is 12.5 Å². The number of carbonyl (C=O) groups excluding carboxylic acids is 1. The van der Waals surface area contributed by atoms with Gasteiger partial charge in [-0.05, 0) is 12.8 Å². The van der Waals surface area contributed by atoms with Gasteiger partial charge in [0.2, 0.25) is 5.91 Å². The highest BCUT2D eigenvalue weighted by molar-refractivity contribution is 5.86. The van der Waals surface area contributed by atoms with Crippen molar-refractivity contribution in [3.05, 3.63) is 0 Å². The van der Waals surface area contributed by atoms with Crippen LogP contribution in [0.2, 0.25) is 0 Å². The normalized spacial score (nSPS) is 24.6. The average molecular weight is 232 g/mol. The molecule has 1 unspecified atom stereocenters. The second-order valence-electron chi connectivity index (χ2n) is 3.90. The lowest BCUT2D eigenvalue weighted by Crippen LogP contribution is -2.54. The minimum atomic E-state index is -0.855. The number of hydrogen-bond acceptors (Lipinski definition) is 5. The third-order valence-corrected chi connectivity index (χ3v) is 2.49. The molecule has 0 aliphatic carbocycles. The number of nitrogens with two attached hydrogens (primary N) is 1. The Hall–Kier alpha value is -0.690. The van der Waals surface area contributed by atoms with Gasteiger partial charge in [-0.25, -0.2) is 0 Å². The van der Waals surface area contributed by atoms with Crippen molar-refractivity contribution in [1.82, 2.24) is 5.32 Å². The van der Waals surface area contributed by atoms with E-state index in [9.17, 15) is 4.79 Å². The number of nitrogens with one attached hydrogen (secondary N) is 1. The minimum absolute atomic E-state index is 0.0234. The lowest BCUT2D eigenvalue weighted by atomic mass is 9.99. The summed E-state index contributed by atoms with van der Waals surface area (Å²) in [6.45, 7) is 2.25. The zero-order valence-electron chi connectivity index (χ0n) is 9.41. The first-order valence-electron chi connectivity index (χ1n) is 5.52. The summed E-state index contributed by atoms with van der Waals surface area (Å²) < 4.78 is 10.2. The fourth-order valence-electron chi connectivity index (χ4n) is 1.48. The van der Waals surface area contributed by atoms with Crippen molar-refractivity contribution in [2.24, 2.45) is 5.73 Å². The number of ether oxygens (including phenoxy) is 2. The van der Waals surface area contributed by atoms with Crippen molar-refractivity contribution in [2.45, 2.75) is 18.4 Å². The molecular weight excluding hydrogens is 212 g/mol. The van der Waals surface area contributed by atoms with Crippen LogP contribution in [0.5, 0.6) is 0 Å². The molecule has 6 heteroatoms. The fraction of sp³-hybridized carbons (Fsp3) is 0.900. The van der Waals surface area contributed by atoms with Crippen molar-refractivity contribution >= 4 is 5.91 Å². The maximum Gasteiger partial charge on any atom is 0.242 e. The first-order chi connectivity index (χ1) is 7.69. The highest BCUT2D eigenvalue weighted by atomic mass is 16.5. The molecule has 1 saturated heterocycles. The topological polar surface area (TPSA) is 93.8 Å². The standard InChI is InChI=1S/C10H20N2O4/c11-10(2-6-16-8-10)9(14)12-3-1-5-15-7-4-13/h13H,1-8,11H2,(H,12,14). The van der Waals surface area contributed by atoms with Gasteiger partial charge in [-0.2, -0.15) is 0 Å². The van der Waals surface area contributed by atoms with Crippen molar-refractivity contribution in [1.29, 1.82) is 0 Å². The van der Waals surface area contributed by atoms with Gasteiger partial charge in [0, 0.05) is 19.8 Å². The zero-order chi connectivity index (χ0) is 11.9. The molecule has 6 nitrogen and oxygen atoms in total. The van der Waals surface area contributed by atoms with Gasteiger partial charge in [-0.3, -0.25) is 4.79 Å². The molecular formula is C10H20N2O4. The van der Waals surface area contributed by atoms with E-state index in [1.54, 1.807) is 0 Å². The van der Waals surface area contributed by atoms with E-state index in [2.05, 4.69) is 5.32 Å².